The van der Waals surface area contributed by atoms with Crippen molar-refractivity contribution in [3.05, 3.63) is 72.3 Å². The molecule has 0 aliphatic carbocycles. The van der Waals surface area contributed by atoms with Gasteiger partial charge < -0.3 is 15.6 Å². The number of H-pyrrole nitrogens is 1. The number of aliphatic imine (C=N–C) groups is 1. The Labute approximate surface area is 162 Å². The van der Waals surface area contributed by atoms with Crippen LogP contribution in [0.15, 0.2) is 66.0 Å². The highest BCUT2D eigenvalue weighted by molar-refractivity contribution is 6.02. The molecule has 0 amide bonds. The average Bonchev–Trinajstić information content (AvgIpc) is 3.23. The molecule has 0 spiro atoms. The van der Waals surface area contributed by atoms with Crippen LogP contribution in [0.3, 0.4) is 0 Å². The molecular formula is C21H19N7. The van der Waals surface area contributed by atoms with Crippen LogP contribution in [0.1, 0.15) is 24.2 Å². The van der Waals surface area contributed by atoms with E-state index < -0.39 is 0 Å². The Morgan fingerprint density at radius 1 is 1.07 bits per heavy atom. The predicted molar refractivity (Wildman–Crippen MR) is 110 cm³/mol. The Morgan fingerprint density at radius 3 is 2.86 bits per heavy atom. The second-order valence-corrected chi connectivity index (χ2v) is 6.67. The van der Waals surface area contributed by atoms with Crippen molar-refractivity contribution in [2.45, 2.75) is 13.0 Å². The molecule has 4 aromatic rings. The van der Waals surface area contributed by atoms with E-state index in [4.69, 9.17) is 4.98 Å². The highest BCUT2D eigenvalue weighted by Crippen LogP contribution is 2.29. The fourth-order valence-electron chi connectivity index (χ4n) is 3.45. The van der Waals surface area contributed by atoms with Crippen molar-refractivity contribution in [2.75, 3.05) is 12.0 Å². The quantitative estimate of drug-likeness (QED) is 0.514. The maximum atomic E-state index is 4.92. The van der Waals surface area contributed by atoms with Gasteiger partial charge in [-0.25, -0.2) is 15.0 Å². The summed E-state index contributed by atoms with van der Waals surface area (Å²) in [7, 11) is 0. The molecule has 5 rings (SSSR count). The topological polar surface area (TPSA) is 90.9 Å². The van der Waals surface area contributed by atoms with E-state index in [0.717, 1.165) is 45.2 Å². The van der Waals surface area contributed by atoms with Gasteiger partial charge in [0.1, 0.15) is 12.4 Å². The Kier molecular flexibility index (Phi) is 3.97. The third kappa shape index (κ3) is 2.87. The van der Waals surface area contributed by atoms with Crippen molar-refractivity contribution in [1.29, 1.82) is 0 Å². The first-order chi connectivity index (χ1) is 13.8. The van der Waals surface area contributed by atoms with Crippen LogP contribution < -0.4 is 10.6 Å². The number of nitrogens with zero attached hydrogens (tertiary/aromatic N) is 4. The van der Waals surface area contributed by atoms with Gasteiger partial charge in [0.15, 0.2) is 11.7 Å². The number of nitrogens with one attached hydrogen (secondary N) is 3. The van der Waals surface area contributed by atoms with E-state index in [1.165, 1.54) is 0 Å². The van der Waals surface area contributed by atoms with Gasteiger partial charge in [-0.15, -0.1) is 0 Å². The van der Waals surface area contributed by atoms with Gasteiger partial charge in [-0.05, 0) is 31.2 Å². The normalized spacial score (nSPS) is 14.1. The van der Waals surface area contributed by atoms with Crippen LogP contribution in [0.25, 0.3) is 22.3 Å². The molecule has 0 saturated carbocycles. The predicted octanol–water partition coefficient (Wildman–Crippen LogP) is 3.50. The van der Waals surface area contributed by atoms with Crippen LogP contribution >= 0.6 is 0 Å². The molecule has 1 aliphatic heterocycles. The second kappa shape index (κ2) is 6.77. The molecule has 3 N–H and O–H groups in total. The standard InChI is InChI=1S/C21H19N7/c1-13(27-21-19-20(24-11-23-19)25-12-26-21)15-10-14-6-2-3-7-16(14)28-18(15)17-8-4-5-9-22-17/h2-11,13,25H,12H2,1H3,(H,23,24)(H,26,27)/t13-/m0/s1. The molecule has 1 aliphatic rings. The number of anilines is 1. The number of benzene rings is 1. The van der Waals surface area contributed by atoms with E-state index in [-0.39, 0.29) is 6.04 Å². The van der Waals surface area contributed by atoms with Crippen LogP contribution in [-0.4, -0.2) is 32.4 Å². The average molecular weight is 369 g/mol. The van der Waals surface area contributed by atoms with E-state index in [0.29, 0.717) is 6.67 Å². The van der Waals surface area contributed by atoms with Crippen LogP contribution in [0, 0.1) is 0 Å². The van der Waals surface area contributed by atoms with Gasteiger partial charge in [-0.1, -0.05) is 24.3 Å². The summed E-state index contributed by atoms with van der Waals surface area (Å²) in [6, 6.07) is 16.2. The van der Waals surface area contributed by atoms with Gasteiger partial charge in [-0.2, -0.15) is 0 Å². The molecule has 1 aromatic carbocycles. The van der Waals surface area contributed by atoms with Crippen LogP contribution in [0.2, 0.25) is 0 Å². The van der Waals surface area contributed by atoms with Crippen molar-refractivity contribution in [3.8, 4) is 11.4 Å². The second-order valence-electron chi connectivity index (χ2n) is 6.67. The highest BCUT2D eigenvalue weighted by Gasteiger charge is 2.21. The zero-order valence-electron chi connectivity index (χ0n) is 15.3. The third-order valence-electron chi connectivity index (χ3n) is 4.84. The van der Waals surface area contributed by atoms with E-state index >= 15 is 0 Å². The van der Waals surface area contributed by atoms with Gasteiger partial charge in [0.25, 0.3) is 0 Å². The summed E-state index contributed by atoms with van der Waals surface area (Å²) in [5, 5.41) is 7.78. The number of fused-ring (bicyclic) bond motifs is 2. The maximum Gasteiger partial charge on any atom is 0.156 e. The minimum absolute atomic E-state index is 0.0258. The van der Waals surface area contributed by atoms with Crippen LogP contribution in [0.4, 0.5) is 5.82 Å². The molecule has 1 atom stereocenters. The number of amidine groups is 1. The Morgan fingerprint density at radius 2 is 1.96 bits per heavy atom. The summed E-state index contributed by atoms with van der Waals surface area (Å²) in [6.07, 6.45) is 3.46. The van der Waals surface area contributed by atoms with Gasteiger partial charge in [0.05, 0.1) is 29.3 Å². The summed E-state index contributed by atoms with van der Waals surface area (Å²) >= 11 is 0. The minimum Gasteiger partial charge on any atom is -0.362 e. The van der Waals surface area contributed by atoms with Gasteiger partial charge in [0, 0.05) is 17.1 Å². The molecule has 0 unspecified atom stereocenters. The summed E-state index contributed by atoms with van der Waals surface area (Å²) in [5.74, 6) is 1.60. The number of para-hydroxylation sites is 1. The number of hydrogen-bond donors (Lipinski definition) is 3. The summed E-state index contributed by atoms with van der Waals surface area (Å²) in [4.78, 5) is 21.4. The molecular weight excluding hydrogens is 350 g/mol. The van der Waals surface area contributed by atoms with E-state index in [2.05, 4.69) is 49.6 Å². The third-order valence-corrected chi connectivity index (χ3v) is 4.84. The lowest BCUT2D eigenvalue weighted by molar-refractivity contribution is 0.711. The number of aromatic amines is 1. The Bertz CT molecular complexity index is 1160. The van der Waals surface area contributed by atoms with E-state index in [9.17, 15) is 0 Å². The lowest BCUT2D eigenvalue weighted by Gasteiger charge is -2.22. The molecule has 0 fully saturated rings. The molecule has 7 heteroatoms. The van der Waals surface area contributed by atoms with E-state index in [1.54, 1.807) is 12.5 Å². The van der Waals surface area contributed by atoms with Crippen LogP contribution in [-0.2, 0) is 0 Å². The van der Waals surface area contributed by atoms with Crippen molar-refractivity contribution in [2.24, 2.45) is 4.99 Å². The van der Waals surface area contributed by atoms with Gasteiger partial charge in [0.2, 0.25) is 0 Å². The number of imidazole rings is 1. The van der Waals surface area contributed by atoms with Crippen molar-refractivity contribution in [3.63, 3.8) is 0 Å². The lowest BCUT2D eigenvalue weighted by atomic mass is 10.0. The van der Waals surface area contributed by atoms with E-state index in [1.807, 2.05) is 36.4 Å². The molecule has 28 heavy (non-hydrogen) atoms. The molecule has 3 aromatic heterocycles. The minimum atomic E-state index is -0.0258. The van der Waals surface area contributed by atoms with Crippen molar-refractivity contribution < 1.29 is 0 Å². The Balaban J connectivity index is 1.58. The summed E-state index contributed by atoms with van der Waals surface area (Å²) in [5.41, 5.74) is 4.62. The number of rotatable bonds is 3. The number of aromatic nitrogens is 4. The Hall–Kier alpha value is -3.74. The summed E-state index contributed by atoms with van der Waals surface area (Å²) < 4.78 is 0. The zero-order valence-corrected chi connectivity index (χ0v) is 15.3. The van der Waals surface area contributed by atoms with Gasteiger partial charge in [-0.3, -0.25) is 4.98 Å². The molecule has 7 nitrogen and oxygen atoms in total. The zero-order chi connectivity index (χ0) is 18.9. The van der Waals surface area contributed by atoms with Crippen molar-refractivity contribution >= 4 is 22.6 Å². The monoisotopic (exact) mass is 369 g/mol. The molecule has 4 heterocycles. The fraction of sp³-hybridized carbons (Fsp3) is 0.143. The molecule has 0 saturated heterocycles. The number of hydrogen-bond acceptors (Lipinski definition) is 6. The maximum absolute atomic E-state index is 4.92. The first-order valence-electron chi connectivity index (χ1n) is 9.19. The van der Waals surface area contributed by atoms with Crippen molar-refractivity contribution in [1.82, 2.24) is 25.3 Å². The van der Waals surface area contributed by atoms with Gasteiger partial charge >= 0.3 is 0 Å². The molecule has 0 bridgehead atoms. The molecule has 0 radical (unpaired) electrons. The first-order valence-corrected chi connectivity index (χ1v) is 9.19. The highest BCUT2D eigenvalue weighted by atomic mass is 15.2. The largest absolute Gasteiger partial charge is 0.362 e. The summed E-state index contributed by atoms with van der Waals surface area (Å²) in [6.45, 7) is 2.61. The lowest BCUT2D eigenvalue weighted by Crippen LogP contribution is -2.32. The fourth-order valence-corrected chi connectivity index (χ4v) is 3.45. The smallest absolute Gasteiger partial charge is 0.156 e. The first kappa shape index (κ1) is 16.4. The SMILES string of the molecule is C[C@H](NC1=NCNc2nc[nH]c21)c1cc2ccccc2nc1-c1ccccn1. The number of pyridine rings is 2. The van der Waals surface area contributed by atoms with Crippen LogP contribution in [0.5, 0.6) is 0 Å². The molecule has 138 valence electrons.